The van der Waals surface area contributed by atoms with Crippen LogP contribution in [0.5, 0.6) is 0 Å². The summed E-state index contributed by atoms with van der Waals surface area (Å²) in [6.07, 6.45) is -1.63. The van der Waals surface area contributed by atoms with Crippen molar-refractivity contribution < 1.29 is 36.8 Å². The minimum absolute atomic E-state index is 0.108. The van der Waals surface area contributed by atoms with Crippen molar-refractivity contribution >= 4 is 42.3 Å². The summed E-state index contributed by atoms with van der Waals surface area (Å²) in [5, 5.41) is 0. The van der Waals surface area contributed by atoms with Crippen molar-refractivity contribution in [1.29, 1.82) is 0 Å². The van der Waals surface area contributed by atoms with Gasteiger partial charge in [-0.1, -0.05) is 0 Å². The van der Waals surface area contributed by atoms with Crippen LogP contribution >= 0.6 is 36.4 Å². The summed E-state index contributed by atoms with van der Waals surface area (Å²) in [6, 6.07) is 0. The van der Waals surface area contributed by atoms with Gasteiger partial charge in [0.2, 0.25) is 0 Å². The molecule has 0 rings (SSSR count). The van der Waals surface area contributed by atoms with Gasteiger partial charge in [-0.2, -0.15) is 0 Å². The number of carbonyl (C=O) groups is 1. The molecule has 0 aromatic rings. The fourth-order valence-electron chi connectivity index (χ4n) is 1.73. The molecule has 0 atom stereocenters. The van der Waals surface area contributed by atoms with Crippen LogP contribution < -0.4 is 0 Å². The maximum absolute atomic E-state index is 13.2. The van der Waals surface area contributed by atoms with Crippen LogP contribution in [0.2, 0.25) is 0 Å². The van der Waals surface area contributed by atoms with E-state index in [1.54, 1.807) is 62.3 Å². The van der Waals surface area contributed by atoms with Gasteiger partial charge >= 0.3 is 19.6 Å². The molecule has 0 aliphatic heterocycles. The average Bonchev–Trinajstić information content (AvgIpc) is 2.42. The number of ether oxygens (including phenoxy) is 1. The van der Waals surface area contributed by atoms with Crippen molar-refractivity contribution in [2.75, 3.05) is 6.61 Å². The molecule has 8 nitrogen and oxygen atoms in total. The van der Waals surface area contributed by atoms with E-state index in [1.165, 1.54) is 0 Å². The first kappa shape index (κ1) is 28.5. The Kier molecular flexibility index (Phi) is 13.2. The summed E-state index contributed by atoms with van der Waals surface area (Å²) in [7, 11) is 0. The van der Waals surface area contributed by atoms with Crippen molar-refractivity contribution in [3.8, 4) is 0 Å². The lowest BCUT2D eigenvalue weighted by atomic mass is 10.5. The molecule has 28 heavy (non-hydrogen) atoms. The normalized spacial score (nSPS) is 13.4. The molecule has 0 bridgehead atoms. The molecule has 0 radical (unpaired) electrons. The Labute approximate surface area is 177 Å². The Morgan fingerprint density at radius 1 is 0.714 bits per heavy atom. The zero-order valence-electron chi connectivity index (χ0n) is 18.1. The van der Waals surface area contributed by atoms with Crippen molar-refractivity contribution in [3.05, 3.63) is 0 Å². The number of hydrogen-bond donors (Lipinski definition) is 0. The molecule has 0 unspecified atom stereocenters. The molecule has 0 aromatic heterocycles. The fraction of sp³-hybridized carbons (Fsp3) is 0.938. The molecule has 12 heteroatoms. The van der Waals surface area contributed by atoms with Crippen LogP contribution in [0.15, 0.2) is 0 Å². The lowest BCUT2D eigenvalue weighted by Crippen LogP contribution is -2.19. The van der Waals surface area contributed by atoms with Crippen molar-refractivity contribution in [1.82, 2.24) is 0 Å². The Bertz CT molecular complexity index is 501. The number of esters is 1. The van der Waals surface area contributed by atoms with E-state index in [2.05, 4.69) is 0 Å². The van der Waals surface area contributed by atoms with E-state index in [4.69, 9.17) is 22.8 Å². The van der Waals surface area contributed by atoms with E-state index < -0.39 is 48.6 Å². The van der Waals surface area contributed by atoms with Crippen molar-refractivity contribution in [2.45, 2.75) is 91.3 Å². The van der Waals surface area contributed by atoms with E-state index in [1.807, 2.05) is 0 Å². The van der Waals surface area contributed by atoms with Gasteiger partial charge < -0.3 is 4.74 Å². The maximum Gasteiger partial charge on any atom is 0.391 e. The molecule has 0 aromatic carbocycles. The largest absolute Gasteiger partial charge is 0.465 e. The minimum Gasteiger partial charge on any atom is -0.465 e. The van der Waals surface area contributed by atoms with E-state index in [0.29, 0.717) is 22.8 Å². The first-order valence-corrected chi connectivity index (χ1v) is 15.2. The summed E-state index contributed by atoms with van der Waals surface area (Å²) < 4.78 is 52.3. The van der Waals surface area contributed by atoms with Crippen LogP contribution in [0.1, 0.15) is 62.3 Å². The molecular weight excluding hydrogens is 446 g/mol. The zero-order valence-corrected chi connectivity index (χ0v) is 21.5. The van der Waals surface area contributed by atoms with Crippen LogP contribution in [0.25, 0.3) is 0 Å². The highest BCUT2D eigenvalue weighted by molar-refractivity contribution is 8.66. The van der Waals surface area contributed by atoms with Gasteiger partial charge in [0.05, 0.1) is 31.0 Å². The zero-order chi connectivity index (χ0) is 22.1. The fourth-order valence-corrected chi connectivity index (χ4v) is 12.9. The third-order valence-corrected chi connectivity index (χ3v) is 11.6. The van der Waals surface area contributed by atoms with Crippen molar-refractivity contribution in [3.63, 3.8) is 0 Å². The Hall–Kier alpha value is 0.470. The predicted molar refractivity (Wildman–Crippen MR) is 116 cm³/mol. The van der Waals surface area contributed by atoms with Crippen molar-refractivity contribution in [2.24, 2.45) is 0 Å². The second kappa shape index (κ2) is 13.0. The molecule has 0 aliphatic carbocycles. The minimum atomic E-state index is -3.76. The molecule has 0 saturated heterocycles. The standard InChI is InChI=1S/C16H34O8P2S2/c1-10-20-15(17)16(27-25(18,21-11(2)3)22-12(4)5)28-26(19,23-13(6)7)24-14(8)9/h11-14,16H,10H2,1-9H3. The second-order valence-electron chi connectivity index (χ2n) is 6.81. The summed E-state index contributed by atoms with van der Waals surface area (Å²) in [6.45, 7) is 7.89. The highest BCUT2D eigenvalue weighted by atomic mass is 32.8. The molecule has 0 spiro atoms. The summed E-state index contributed by atoms with van der Waals surface area (Å²) in [4.78, 5) is 12.5. The highest BCUT2D eigenvalue weighted by Crippen LogP contribution is 2.72. The Morgan fingerprint density at radius 2 is 1.00 bits per heavy atom. The molecule has 0 fully saturated rings. The van der Waals surface area contributed by atoms with Crippen LogP contribution in [0.4, 0.5) is 0 Å². The monoisotopic (exact) mass is 480 g/mol. The van der Waals surface area contributed by atoms with Gasteiger partial charge in [0.15, 0.2) is 4.58 Å². The highest BCUT2D eigenvalue weighted by Gasteiger charge is 2.43. The Balaban J connectivity index is 5.79. The van der Waals surface area contributed by atoms with Gasteiger partial charge in [0.25, 0.3) is 0 Å². The molecule has 0 saturated carbocycles. The third kappa shape index (κ3) is 12.2. The molecule has 0 amide bonds. The third-order valence-electron chi connectivity index (χ3n) is 2.29. The quantitative estimate of drug-likeness (QED) is 0.161. The molecule has 0 N–H and O–H groups in total. The summed E-state index contributed by atoms with van der Waals surface area (Å²) in [5.74, 6) is -0.711. The summed E-state index contributed by atoms with van der Waals surface area (Å²) >= 11 is 1.29. The molecule has 0 heterocycles. The number of rotatable bonds is 14. The van der Waals surface area contributed by atoms with Crippen LogP contribution in [0, 0.1) is 0 Å². The predicted octanol–water partition coefficient (Wildman–Crippen LogP) is 6.26. The first-order valence-electron chi connectivity index (χ1n) is 9.19. The van der Waals surface area contributed by atoms with Gasteiger partial charge in [0.1, 0.15) is 0 Å². The maximum atomic E-state index is 13.2. The van der Waals surface area contributed by atoms with Gasteiger partial charge in [-0.15, -0.1) is 0 Å². The van der Waals surface area contributed by atoms with Gasteiger partial charge in [-0.25, -0.2) is 13.9 Å². The van der Waals surface area contributed by atoms with Gasteiger partial charge in [-0.3, -0.25) is 18.1 Å². The van der Waals surface area contributed by atoms with E-state index in [0.717, 1.165) is 0 Å². The number of carbonyl (C=O) groups excluding carboxylic acids is 1. The summed E-state index contributed by atoms with van der Waals surface area (Å²) in [5.41, 5.74) is 0. The topological polar surface area (TPSA) is 97.4 Å². The molecular formula is C16H34O8P2S2. The van der Waals surface area contributed by atoms with Gasteiger partial charge in [0, 0.05) is 0 Å². The van der Waals surface area contributed by atoms with Crippen LogP contribution in [-0.2, 0) is 36.8 Å². The Morgan fingerprint density at radius 3 is 1.21 bits per heavy atom. The smallest absolute Gasteiger partial charge is 0.391 e. The van der Waals surface area contributed by atoms with E-state index in [-0.39, 0.29) is 6.61 Å². The molecule has 0 aliphatic rings. The van der Waals surface area contributed by atoms with E-state index >= 15 is 0 Å². The number of hydrogen-bond acceptors (Lipinski definition) is 10. The lowest BCUT2D eigenvalue weighted by molar-refractivity contribution is -0.140. The van der Waals surface area contributed by atoms with Crippen LogP contribution in [0.3, 0.4) is 0 Å². The van der Waals surface area contributed by atoms with Gasteiger partial charge in [-0.05, 0) is 85.1 Å². The average molecular weight is 481 g/mol. The second-order valence-corrected chi connectivity index (χ2v) is 15.0. The lowest BCUT2D eigenvalue weighted by Gasteiger charge is -2.27. The first-order chi connectivity index (χ1) is 12.7. The van der Waals surface area contributed by atoms with Crippen LogP contribution in [-0.4, -0.2) is 41.6 Å². The SMILES string of the molecule is CCOC(=O)C(SP(=O)(OC(C)C)OC(C)C)SP(=O)(OC(C)C)OC(C)C. The van der Waals surface area contributed by atoms with E-state index in [9.17, 15) is 13.9 Å². The molecule has 168 valence electrons.